The maximum atomic E-state index is 11.9. The van der Waals surface area contributed by atoms with E-state index in [1.165, 1.54) is 6.42 Å². The van der Waals surface area contributed by atoms with Gasteiger partial charge in [0, 0.05) is 32.6 Å². The molecule has 0 bridgehead atoms. The molecule has 1 saturated heterocycles. The summed E-state index contributed by atoms with van der Waals surface area (Å²) in [7, 11) is -3.39. The van der Waals surface area contributed by atoms with Crippen LogP contribution in [0, 0.1) is 0 Å². The van der Waals surface area contributed by atoms with Gasteiger partial charge >= 0.3 is 0 Å². The highest BCUT2D eigenvalue weighted by Gasteiger charge is 2.22. The Morgan fingerprint density at radius 2 is 1.95 bits per heavy atom. The first-order valence-corrected chi connectivity index (χ1v) is 8.52. The number of sulfonamides is 1. The van der Waals surface area contributed by atoms with Gasteiger partial charge in [-0.1, -0.05) is 6.92 Å². The molecular weight excluding hydrogens is 266 g/mol. The van der Waals surface area contributed by atoms with Crippen molar-refractivity contribution in [1.82, 2.24) is 9.62 Å². The predicted octanol–water partition coefficient (Wildman–Crippen LogP) is 0.0457. The summed E-state index contributed by atoms with van der Waals surface area (Å²) in [4.78, 5) is 13.7. The van der Waals surface area contributed by atoms with E-state index in [2.05, 4.69) is 4.72 Å². The Labute approximate surface area is 115 Å². The second-order valence-corrected chi connectivity index (χ2v) is 6.94. The Bertz CT molecular complexity index is 374. The lowest BCUT2D eigenvalue weighted by atomic mass is 10.1. The minimum atomic E-state index is -3.39. The lowest BCUT2D eigenvalue weighted by Gasteiger charge is -2.26. The SMILES string of the molecule is CCC(CN)S(=O)(=O)NCCC(=O)N1CCCCC1. The third kappa shape index (κ3) is 5.08. The van der Waals surface area contributed by atoms with Crippen molar-refractivity contribution >= 4 is 15.9 Å². The summed E-state index contributed by atoms with van der Waals surface area (Å²) in [6.07, 6.45) is 3.96. The summed E-state index contributed by atoms with van der Waals surface area (Å²) in [5.74, 6) is 0.0307. The number of nitrogens with one attached hydrogen (secondary N) is 1. The van der Waals surface area contributed by atoms with Crippen molar-refractivity contribution in [3.8, 4) is 0 Å². The monoisotopic (exact) mass is 291 g/mol. The van der Waals surface area contributed by atoms with E-state index in [9.17, 15) is 13.2 Å². The lowest BCUT2D eigenvalue weighted by Crippen LogP contribution is -2.41. The van der Waals surface area contributed by atoms with Crippen molar-refractivity contribution < 1.29 is 13.2 Å². The highest BCUT2D eigenvalue weighted by Crippen LogP contribution is 2.09. The van der Waals surface area contributed by atoms with Crippen LogP contribution in [0.25, 0.3) is 0 Å². The van der Waals surface area contributed by atoms with Crippen molar-refractivity contribution in [3.63, 3.8) is 0 Å². The van der Waals surface area contributed by atoms with Gasteiger partial charge in [-0.3, -0.25) is 4.79 Å². The number of rotatable bonds is 7. The van der Waals surface area contributed by atoms with Gasteiger partial charge in [0.1, 0.15) is 0 Å². The molecule has 0 aromatic carbocycles. The fourth-order valence-corrected chi connectivity index (χ4v) is 3.55. The van der Waals surface area contributed by atoms with Crippen LogP contribution in [-0.4, -0.2) is 50.7 Å². The molecule has 0 saturated carbocycles. The van der Waals surface area contributed by atoms with E-state index < -0.39 is 15.3 Å². The van der Waals surface area contributed by atoms with E-state index in [0.29, 0.717) is 6.42 Å². The summed E-state index contributed by atoms with van der Waals surface area (Å²) in [6, 6.07) is 0. The second-order valence-electron chi connectivity index (χ2n) is 4.90. The molecular formula is C12H25N3O3S. The number of nitrogens with two attached hydrogens (primary N) is 1. The molecule has 112 valence electrons. The third-order valence-corrected chi connectivity index (χ3v) is 5.52. The summed E-state index contributed by atoms with van der Waals surface area (Å²) in [5.41, 5.74) is 5.42. The number of likely N-dealkylation sites (tertiary alicyclic amines) is 1. The fraction of sp³-hybridized carbons (Fsp3) is 0.917. The number of nitrogens with zero attached hydrogens (tertiary/aromatic N) is 1. The van der Waals surface area contributed by atoms with Gasteiger partial charge in [0.15, 0.2) is 0 Å². The highest BCUT2D eigenvalue weighted by atomic mass is 32.2. The van der Waals surface area contributed by atoms with Crippen LogP contribution in [0.15, 0.2) is 0 Å². The first-order chi connectivity index (χ1) is 9.01. The van der Waals surface area contributed by atoms with E-state index >= 15 is 0 Å². The molecule has 1 atom stereocenters. The number of piperidine rings is 1. The van der Waals surface area contributed by atoms with E-state index in [0.717, 1.165) is 25.9 Å². The zero-order chi connectivity index (χ0) is 14.3. The molecule has 1 heterocycles. The van der Waals surface area contributed by atoms with Crippen LogP contribution < -0.4 is 10.5 Å². The average molecular weight is 291 g/mol. The topological polar surface area (TPSA) is 92.5 Å². The summed E-state index contributed by atoms with van der Waals surface area (Å²) in [6.45, 7) is 3.65. The molecule has 1 aliphatic rings. The molecule has 0 aromatic heterocycles. The van der Waals surface area contributed by atoms with E-state index in [-0.39, 0.29) is 25.4 Å². The molecule has 19 heavy (non-hydrogen) atoms. The van der Waals surface area contributed by atoms with E-state index in [4.69, 9.17) is 5.73 Å². The number of carbonyl (C=O) groups is 1. The number of hydrogen-bond acceptors (Lipinski definition) is 4. The third-order valence-electron chi connectivity index (χ3n) is 3.51. The molecule has 7 heteroatoms. The largest absolute Gasteiger partial charge is 0.343 e. The molecule has 1 unspecified atom stereocenters. The molecule has 1 fully saturated rings. The summed E-state index contributed by atoms with van der Waals surface area (Å²) >= 11 is 0. The van der Waals surface area contributed by atoms with Gasteiger partial charge in [0.2, 0.25) is 15.9 Å². The van der Waals surface area contributed by atoms with Gasteiger partial charge in [0.25, 0.3) is 0 Å². The van der Waals surface area contributed by atoms with Gasteiger partial charge in [-0.15, -0.1) is 0 Å². The fourth-order valence-electron chi connectivity index (χ4n) is 2.23. The van der Waals surface area contributed by atoms with Crippen molar-refractivity contribution in [2.45, 2.75) is 44.3 Å². The normalized spacial score (nSPS) is 18.3. The molecule has 6 nitrogen and oxygen atoms in total. The van der Waals surface area contributed by atoms with Gasteiger partial charge in [-0.2, -0.15) is 0 Å². The minimum Gasteiger partial charge on any atom is -0.343 e. The van der Waals surface area contributed by atoms with Gasteiger partial charge < -0.3 is 10.6 Å². The zero-order valence-corrected chi connectivity index (χ0v) is 12.4. The predicted molar refractivity (Wildman–Crippen MR) is 75.1 cm³/mol. The van der Waals surface area contributed by atoms with Crippen LogP contribution in [0.4, 0.5) is 0 Å². The molecule has 1 aliphatic heterocycles. The van der Waals surface area contributed by atoms with Crippen LogP contribution in [0.5, 0.6) is 0 Å². The first-order valence-electron chi connectivity index (χ1n) is 6.97. The second kappa shape index (κ2) is 7.81. The molecule has 3 N–H and O–H groups in total. The molecule has 0 aliphatic carbocycles. The van der Waals surface area contributed by atoms with Crippen LogP contribution in [-0.2, 0) is 14.8 Å². The Balaban J connectivity index is 2.34. The maximum absolute atomic E-state index is 11.9. The molecule has 0 aromatic rings. The van der Waals surface area contributed by atoms with Gasteiger partial charge in [0.05, 0.1) is 5.25 Å². The highest BCUT2D eigenvalue weighted by molar-refractivity contribution is 7.90. The Morgan fingerprint density at radius 1 is 1.32 bits per heavy atom. The number of hydrogen-bond donors (Lipinski definition) is 2. The maximum Gasteiger partial charge on any atom is 0.223 e. The molecule has 1 amide bonds. The lowest BCUT2D eigenvalue weighted by molar-refractivity contribution is -0.131. The van der Waals surface area contributed by atoms with E-state index in [1.807, 2.05) is 4.90 Å². The van der Waals surface area contributed by atoms with Gasteiger partial charge in [-0.25, -0.2) is 13.1 Å². The zero-order valence-electron chi connectivity index (χ0n) is 11.6. The quantitative estimate of drug-likeness (QED) is 0.693. The molecule has 1 rings (SSSR count). The first kappa shape index (κ1) is 16.4. The smallest absolute Gasteiger partial charge is 0.223 e. The van der Waals surface area contributed by atoms with E-state index in [1.54, 1.807) is 6.92 Å². The average Bonchev–Trinajstić information content (AvgIpc) is 2.40. The summed E-state index contributed by atoms with van der Waals surface area (Å²) < 4.78 is 26.1. The minimum absolute atomic E-state index is 0.0307. The van der Waals surface area contributed by atoms with Crippen LogP contribution >= 0.6 is 0 Å². The Morgan fingerprint density at radius 3 is 2.47 bits per heavy atom. The number of amides is 1. The van der Waals surface area contributed by atoms with Crippen LogP contribution in [0.2, 0.25) is 0 Å². The van der Waals surface area contributed by atoms with Gasteiger partial charge in [-0.05, 0) is 25.7 Å². The molecule has 0 spiro atoms. The standard InChI is InChI=1S/C12H25N3O3S/c1-2-11(10-13)19(17,18)14-7-6-12(16)15-8-4-3-5-9-15/h11,14H,2-10,13H2,1H3. The Hall–Kier alpha value is -0.660. The van der Waals surface area contributed by atoms with Crippen LogP contribution in [0.1, 0.15) is 39.0 Å². The molecule has 0 radical (unpaired) electrons. The van der Waals surface area contributed by atoms with Crippen molar-refractivity contribution in [2.24, 2.45) is 5.73 Å². The Kier molecular flexibility index (Phi) is 6.74. The van der Waals surface area contributed by atoms with Crippen molar-refractivity contribution in [3.05, 3.63) is 0 Å². The van der Waals surface area contributed by atoms with Crippen LogP contribution in [0.3, 0.4) is 0 Å². The number of carbonyl (C=O) groups excluding carboxylic acids is 1. The summed E-state index contributed by atoms with van der Waals surface area (Å²) in [5, 5.41) is -0.572. The van der Waals surface area contributed by atoms with Crippen molar-refractivity contribution in [2.75, 3.05) is 26.2 Å². The van der Waals surface area contributed by atoms with Crippen molar-refractivity contribution in [1.29, 1.82) is 0 Å².